The van der Waals surface area contributed by atoms with E-state index in [9.17, 15) is 15.0 Å². The molecule has 0 spiro atoms. The molecule has 0 amide bonds. The Morgan fingerprint density at radius 2 is 2.36 bits per heavy atom. The van der Waals surface area contributed by atoms with Gasteiger partial charge in [0.2, 0.25) is 0 Å². The second kappa shape index (κ2) is 5.09. The van der Waals surface area contributed by atoms with Crippen LogP contribution in [0.3, 0.4) is 0 Å². The quantitative estimate of drug-likeness (QED) is 0.727. The molecule has 0 radical (unpaired) electrons. The van der Waals surface area contributed by atoms with Crippen LogP contribution in [0.4, 0.5) is 0 Å². The predicted octanol–water partition coefficient (Wildman–Crippen LogP) is 0.706. The highest BCUT2D eigenvalue weighted by atomic mass is 32.1. The SMILES string of the molecule is CCOC(=O)C(O)C(O)c1ccsc1. The van der Waals surface area contributed by atoms with Crippen LogP contribution < -0.4 is 0 Å². The molecule has 1 rings (SSSR count). The molecule has 0 aliphatic carbocycles. The summed E-state index contributed by atoms with van der Waals surface area (Å²) in [5, 5.41) is 22.3. The van der Waals surface area contributed by atoms with Gasteiger partial charge in [-0.2, -0.15) is 11.3 Å². The van der Waals surface area contributed by atoms with E-state index in [2.05, 4.69) is 4.74 Å². The van der Waals surface area contributed by atoms with Crippen molar-refractivity contribution in [1.82, 2.24) is 0 Å². The van der Waals surface area contributed by atoms with Gasteiger partial charge in [-0.05, 0) is 29.3 Å². The Morgan fingerprint density at radius 3 is 2.86 bits per heavy atom. The number of hydrogen-bond acceptors (Lipinski definition) is 5. The first-order valence-corrected chi connectivity index (χ1v) is 5.16. The van der Waals surface area contributed by atoms with E-state index in [1.807, 2.05) is 0 Å². The number of aliphatic hydroxyl groups is 2. The van der Waals surface area contributed by atoms with Crippen molar-refractivity contribution in [1.29, 1.82) is 0 Å². The van der Waals surface area contributed by atoms with E-state index in [1.54, 1.807) is 23.8 Å². The Hall–Kier alpha value is -0.910. The van der Waals surface area contributed by atoms with Crippen LogP contribution >= 0.6 is 11.3 Å². The summed E-state index contributed by atoms with van der Waals surface area (Å²) in [7, 11) is 0. The average molecular weight is 216 g/mol. The van der Waals surface area contributed by atoms with Gasteiger partial charge in [-0.3, -0.25) is 0 Å². The molecule has 0 aliphatic heterocycles. The summed E-state index contributed by atoms with van der Waals surface area (Å²) in [6.07, 6.45) is -2.72. The maximum Gasteiger partial charge on any atom is 0.338 e. The highest BCUT2D eigenvalue weighted by molar-refractivity contribution is 7.07. The van der Waals surface area contributed by atoms with Crippen molar-refractivity contribution in [3.63, 3.8) is 0 Å². The van der Waals surface area contributed by atoms with E-state index in [-0.39, 0.29) is 6.61 Å². The first-order chi connectivity index (χ1) is 6.66. The number of ether oxygens (including phenoxy) is 1. The third-order valence-corrected chi connectivity index (χ3v) is 2.41. The Kier molecular flexibility index (Phi) is 4.06. The van der Waals surface area contributed by atoms with Crippen LogP contribution in [0.2, 0.25) is 0 Å². The van der Waals surface area contributed by atoms with Gasteiger partial charge in [0.05, 0.1) is 6.61 Å². The number of carbonyl (C=O) groups is 1. The molecule has 14 heavy (non-hydrogen) atoms. The van der Waals surface area contributed by atoms with Crippen LogP contribution in [0.15, 0.2) is 16.8 Å². The van der Waals surface area contributed by atoms with Crippen molar-refractivity contribution in [3.05, 3.63) is 22.4 Å². The first-order valence-electron chi connectivity index (χ1n) is 4.21. The number of esters is 1. The average Bonchev–Trinajstić information content (AvgIpc) is 2.68. The second-order valence-corrected chi connectivity index (χ2v) is 3.48. The molecule has 4 nitrogen and oxygen atoms in total. The molecule has 2 atom stereocenters. The minimum atomic E-state index is -1.51. The van der Waals surface area contributed by atoms with E-state index in [0.717, 1.165) is 0 Å². The van der Waals surface area contributed by atoms with Crippen molar-refractivity contribution in [2.24, 2.45) is 0 Å². The Labute approximate surface area is 85.8 Å². The third kappa shape index (κ3) is 2.54. The molecular weight excluding hydrogens is 204 g/mol. The molecule has 78 valence electrons. The monoisotopic (exact) mass is 216 g/mol. The summed E-state index contributed by atoms with van der Waals surface area (Å²) >= 11 is 1.39. The fourth-order valence-corrected chi connectivity index (χ4v) is 1.67. The molecule has 1 aromatic rings. The van der Waals surface area contributed by atoms with Gasteiger partial charge >= 0.3 is 5.97 Å². The molecule has 0 aliphatic rings. The number of aliphatic hydroxyl groups excluding tert-OH is 2. The lowest BCUT2D eigenvalue weighted by atomic mass is 10.1. The van der Waals surface area contributed by atoms with Gasteiger partial charge in [-0.15, -0.1) is 0 Å². The van der Waals surface area contributed by atoms with E-state index < -0.39 is 18.2 Å². The number of thiophene rings is 1. The van der Waals surface area contributed by atoms with E-state index in [1.165, 1.54) is 11.3 Å². The fourth-order valence-electron chi connectivity index (χ4n) is 0.982. The smallest absolute Gasteiger partial charge is 0.338 e. The third-order valence-electron chi connectivity index (χ3n) is 1.71. The maximum absolute atomic E-state index is 11.1. The van der Waals surface area contributed by atoms with Gasteiger partial charge in [0.25, 0.3) is 0 Å². The molecule has 1 aromatic heterocycles. The summed E-state index contributed by atoms with van der Waals surface area (Å²) in [6, 6.07) is 1.65. The molecule has 2 N–H and O–H groups in total. The van der Waals surface area contributed by atoms with Gasteiger partial charge in [-0.1, -0.05) is 0 Å². The zero-order valence-corrected chi connectivity index (χ0v) is 8.53. The fraction of sp³-hybridized carbons (Fsp3) is 0.444. The highest BCUT2D eigenvalue weighted by Crippen LogP contribution is 2.20. The zero-order valence-electron chi connectivity index (χ0n) is 7.71. The van der Waals surface area contributed by atoms with Crippen LogP contribution in [-0.4, -0.2) is 28.9 Å². The van der Waals surface area contributed by atoms with Gasteiger partial charge < -0.3 is 14.9 Å². The van der Waals surface area contributed by atoms with E-state index in [4.69, 9.17) is 0 Å². The van der Waals surface area contributed by atoms with E-state index >= 15 is 0 Å². The zero-order chi connectivity index (χ0) is 10.6. The Balaban J connectivity index is 2.61. The number of carbonyl (C=O) groups excluding carboxylic acids is 1. The second-order valence-electron chi connectivity index (χ2n) is 2.70. The number of rotatable bonds is 4. The molecule has 0 fully saturated rings. The first kappa shape index (κ1) is 11.2. The summed E-state index contributed by atoms with van der Waals surface area (Å²) < 4.78 is 4.58. The topological polar surface area (TPSA) is 66.8 Å². The molecule has 0 aromatic carbocycles. The van der Waals surface area contributed by atoms with Crippen LogP contribution in [-0.2, 0) is 9.53 Å². The largest absolute Gasteiger partial charge is 0.464 e. The lowest BCUT2D eigenvalue weighted by Crippen LogP contribution is -2.29. The van der Waals surface area contributed by atoms with Gasteiger partial charge in [-0.25, -0.2) is 4.79 Å². The van der Waals surface area contributed by atoms with Gasteiger partial charge in [0.15, 0.2) is 6.10 Å². The van der Waals surface area contributed by atoms with Gasteiger partial charge in [0.1, 0.15) is 6.10 Å². The standard InChI is InChI=1S/C9H12O4S/c1-2-13-9(12)8(11)7(10)6-3-4-14-5-6/h3-5,7-8,10-11H,2H2,1H3. The summed E-state index contributed by atoms with van der Waals surface area (Å²) in [6.45, 7) is 1.83. The Morgan fingerprint density at radius 1 is 1.64 bits per heavy atom. The molecular formula is C9H12O4S. The molecule has 0 bridgehead atoms. The summed E-state index contributed by atoms with van der Waals surface area (Å²) in [5.41, 5.74) is 0.524. The predicted molar refractivity (Wildman–Crippen MR) is 51.9 cm³/mol. The van der Waals surface area contributed by atoms with Crippen molar-refractivity contribution >= 4 is 17.3 Å². The molecule has 1 heterocycles. The van der Waals surface area contributed by atoms with Crippen LogP contribution in [0, 0.1) is 0 Å². The van der Waals surface area contributed by atoms with Crippen molar-refractivity contribution in [2.75, 3.05) is 6.61 Å². The van der Waals surface area contributed by atoms with Crippen LogP contribution in [0.25, 0.3) is 0 Å². The van der Waals surface area contributed by atoms with E-state index in [0.29, 0.717) is 5.56 Å². The molecule has 5 heteroatoms. The normalized spacial score (nSPS) is 14.8. The summed E-state index contributed by atoms with van der Waals surface area (Å²) in [4.78, 5) is 11.1. The molecule has 2 unspecified atom stereocenters. The minimum absolute atomic E-state index is 0.187. The minimum Gasteiger partial charge on any atom is -0.464 e. The van der Waals surface area contributed by atoms with Crippen molar-refractivity contribution < 1.29 is 19.7 Å². The van der Waals surface area contributed by atoms with Gasteiger partial charge in [0, 0.05) is 0 Å². The van der Waals surface area contributed by atoms with Crippen LogP contribution in [0.5, 0.6) is 0 Å². The van der Waals surface area contributed by atoms with Crippen molar-refractivity contribution in [3.8, 4) is 0 Å². The lowest BCUT2D eigenvalue weighted by Gasteiger charge is -2.14. The lowest BCUT2D eigenvalue weighted by molar-refractivity contribution is -0.159. The summed E-state index contributed by atoms with van der Waals surface area (Å²) in [5.74, 6) is -0.800. The highest BCUT2D eigenvalue weighted by Gasteiger charge is 2.26. The molecule has 0 saturated carbocycles. The maximum atomic E-state index is 11.1. The van der Waals surface area contributed by atoms with Crippen molar-refractivity contribution in [2.45, 2.75) is 19.1 Å². The number of hydrogen-bond donors (Lipinski definition) is 2. The van der Waals surface area contributed by atoms with Crippen LogP contribution in [0.1, 0.15) is 18.6 Å². The Bertz CT molecular complexity index is 283. The molecule has 0 saturated heterocycles.